The van der Waals surface area contributed by atoms with Gasteiger partial charge in [0.25, 0.3) is 5.19 Å². The number of aliphatic hydroxyl groups is 1. The van der Waals surface area contributed by atoms with E-state index in [1.165, 1.54) is 16.9 Å². The van der Waals surface area contributed by atoms with Crippen LogP contribution in [0.1, 0.15) is 25.3 Å². The third-order valence-corrected chi connectivity index (χ3v) is 5.73. The quantitative estimate of drug-likeness (QED) is 0.423. The number of aliphatic hydroxyl groups excluding tert-OH is 1. The number of methoxy groups -OCH3 is 1. The Kier molecular flexibility index (Phi) is 6.65. The minimum absolute atomic E-state index is 0.0434. The lowest BCUT2D eigenvalue weighted by Gasteiger charge is -2.16. The molecule has 2 heterocycles. The highest BCUT2D eigenvalue weighted by atomic mass is 32.2. The fourth-order valence-corrected chi connectivity index (χ4v) is 4.08. The van der Waals surface area contributed by atoms with Crippen molar-refractivity contribution in [2.75, 3.05) is 19.0 Å². The van der Waals surface area contributed by atoms with E-state index >= 15 is 0 Å². The summed E-state index contributed by atoms with van der Waals surface area (Å²) in [5.74, 6) is 1.49. The summed E-state index contributed by atoms with van der Waals surface area (Å²) in [5.41, 5.74) is 1.83. The fourth-order valence-electron chi connectivity index (χ4n) is 2.51. The molecule has 0 aliphatic carbocycles. The highest BCUT2D eigenvalue weighted by Gasteiger charge is 2.17. The highest BCUT2D eigenvalue weighted by molar-refractivity contribution is 7.98. The van der Waals surface area contributed by atoms with Crippen LogP contribution in [0, 0.1) is 0 Å². The van der Waals surface area contributed by atoms with Gasteiger partial charge in [-0.25, -0.2) is 9.97 Å². The normalized spacial score (nSPS) is 12.3. The van der Waals surface area contributed by atoms with Crippen molar-refractivity contribution in [2.24, 2.45) is 0 Å². The maximum atomic E-state index is 9.62. The van der Waals surface area contributed by atoms with Crippen LogP contribution in [0.5, 0.6) is 5.19 Å². The number of thiazole rings is 1. The van der Waals surface area contributed by atoms with Crippen molar-refractivity contribution < 1.29 is 9.84 Å². The molecule has 2 aromatic heterocycles. The molecule has 0 saturated heterocycles. The number of ether oxygens (including phenoxy) is 1. The number of anilines is 1. The Bertz CT molecular complexity index is 842. The fraction of sp³-hybridized carbons (Fsp3) is 0.389. The molecule has 0 aliphatic heterocycles. The Balaban J connectivity index is 1.88. The van der Waals surface area contributed by atoms with Crippen LogP contribution in [-0.4, -0.2) is 39.8 Å². The van der Waals surface area contributed by atoms with E-state index in [9.17, 15) is 5.11 Å². The van der Waals surface area contributed by atoms with Crippen molar-refractivity contribution in [3.05, 3.63) is 35.9 Å². The van der Waals surface area contributed by atoms with Crippen LogP contribution in [0.15, 0.2) is 35.5 Å². The third kappa shape index (κ3) is 4.63. The van der Waals surface area contributed by atoms with Gasteiger partial charge in [-0.2, -0.15) is 4.98 Å². The second kappa shape index (κ2) is 9.16. The van der Waals surface area contributed by atoms with Gasteiger partial charge in [0.05, 0.1) is 19.8 Å². The molecule has 0 radical (unpaired) electrons. The summed E-state index contributed by atoms with van der Waals surface area (Å²) in [6.45, 7) is 2.15. The maximum absolute atomic E-state index is 9.62. The first-order chi connectivity index (χ1) is 12.7. The van der Waals surface area contributed by atoms with Crippen LogP contribution < -0.4 is 10.1 Å². The van der Waals surface area contributed by atoms with Gasteiger partial charge in [-0.1, -0.05) is 66.8 Å². The lowest BCUT2D eigenvalue weighted by Crippen LogP contribution is -2.24. The second-order valence-electron chi connectivity index (χ2n) is 5.78. The summed E-state index contributed by atoms with van der Waals surface area (Å²) in [7, 11) is 1.59. The van der Waals surface area contributed by atoms with E-state index in [0.29, 0.717) is 21.8 Å². The summed E-state index contributed by atoms with van der Waals surface area (Å²) in [6, 6.07) is 10.2. The maximum Gasteiger partial charge on any atom is 0.275 e. The Labute approximate surface area is 161 Å². The number of nitrogens with zero attached hydrogens (tertiary/aromatic N) is 3. The third-order valence-electron chi connectivity index (χ3n) is 3.80. The molecular weight excluding hydrogens is 368 g/mol. The van der Waals surface area contributed by atoms with Crippen molar-refractivity contribution in [3.8, 4) is 5.19 Å². The van der Waals surface area contributed by atoms with Crippen molar-refractivity contribution in [2.45, 2.75) is 36.7 Å². The highest BCUT2D eigenvalue weighted by Crippen LogP contribution is 2.34. The summed E-state index contributed by atoms with van der Waals surface area (Å²) in [4.78, 5) is 13.7. The Hall–Kier alpha value is -1.90. The zero-order valence-electron chi connectivity index (χ0n) is 14.8. The minimum Gasteiger partial charge on any atom is -0.473 e. The number of hydrogen-bond donors (Lipinski definition) is 2. The molecule has 6 nitrogen and oxygen atoms in total. The van der Waals surface area contributed by atoms with E-state index in [0.717, 1.165) is 23.3 Å². The molecule has 0 saturated carbocycles. The average Bonchev–Trinajstić information content (AvgIpc) is 3.10. The van der Waals surface area contributed by atoms with Crippen molar-refractivity contribution in [1.82, 2.24) is 15.0 Å². The first-order valence-corrected chi connectivity index (χ1v) is 10.3. The molecule has 3 rings (SSSR count). The number of rotatable bonds is 9. The molecule has 8 heteroatoms. The van der Waals surface area contributed by atoms with E-state index in [4.69, 9.17) is 4.74 Å². The van der Waals surface area contributed by atoms with Gasteiger partial charge in [0.15, 0.2) is 16.6 Å². The van der Waals surface area contributed by atoms with Crippen molar-refractivity contribution >= 4 is 39.3 Å². The van der Waals surface area contributed by atoms with Gasteiger partial charge in [0.1, 0.15) is 4.70 Å². The largest absolute Gasteiger partial charge is 0.473 e. The van der Waals surface area contributed by atoms with E-state index in [2.05, 4.69) is 39.3 Å². The van der Waals surface area contributed by atoms with Crippen molar-refractivity contribution in [3.63, 3.8) is 0 Å². The molecule has 0 spiro atoms. The van der Waals surface area contributed by atoms with Gasteiger partial charge in [0.2, 0.25) is 0 Å². The molecule has 138 valence electrons. The van der Waals surface area contributed by atoms with Crippen molar-refractivity contribution in [1.29, 1.82) is 0 Å². The summed E-state index contributed by atoms with van der Waals surface area (Å²) >= 11 is 2.97. The van der Waals surface area contributed by atoms with Gasteiger partial charge in [-0.15, -0.1) is 0 Å². The lowest BCUT2D eigenvalue weighted by molar-refractivity contribution is 0.268. The molecule has 2 N–H and O–H groups in total. The van der Waals surface area contributed by atoms with Gasteiger partial charge in [-0.3, -0.25) is 0 Å². The van der Waals surface area contributed by atoms with Gasteiger partial charge in [0, 0.05) is 5.75 Å². The van der Waals surface area contributed by atoms with Crippen LogP contribution in [0.25, 0.3) is 10.3 Å². The lowest BCUT2D eigenvalue weighted by atomic mass is 10.2. The second-order valence-corrected chi connectivity index (χ2v) is 7.68. The van der Waals surface area contributed by atoms with Crippen LogP contribution in [-0.2, 0) is 5.75 Å². The van der Waals surface area contributed by atoms with Gasteiger partial charge >= 0.3 is 0 Å². The Morgan fingerprint density at radius 1 is 1.23 bits per heavy atom. The number of aromatic nitrogens is 3. The number of thioether (sulfide) groups is 1. The molecule has 0 amide bonds. The minimum atomic E-state index is -0.0434. The smallest absolute Gasteiger partial charge is 0.275 e. The van der Waals surface area contributed by atoms with E-state index < -0.39 is 0 Å². The summed E-state index contributed by atoms with van der Waals surface area (Å²) in [5, 5.41) is 14.2. The number of hydrogen-bond acceptors (Lipinski definition) is 8. The molecule has 0 bridgehead atoms. The number of benzene rings is 1. The molecule has 26 heavy (non-hydrogen) atoms. The zero-order chi connectivity index (χ0) is 18.4. The van der Waals surface area contributed by atoms with Crippen LogP contribution in [0.2, 0.25) is 0 Å². The Morgan fingerprint density at radius 3 is 2.73 bits per heavy atom. The molecule has 3 aromatic rings. The van der Waals surface area contributed by atoms with Crippen LogP contribution in [0.4, 0.5) is 5.82 Å². The Morgan fingerprint density at radius 2 is 2.04 bits per heavy atom. The predicted molar refractivity (Wildman–Crippen MR) is 107 cm³/mol. The molecule has 0 unspecified atom stereocenters. The number of nitrogens with one attached hydrogen (secondary N) is 1. The van der Waals surface area contributed by atoms with E-state index in [1.807, 2.05) is 18.2 Å². The molecular formula is C18H22N4O2S2. The standard InChI is InChI=1S/C18H22N4O2S2/c1-3-7-13(10-23)19-15-14-16(22-18(24-2)26-14)21-17(20-15)25-11-12-8-5-4-6-9-12/h4-6,8-9,13,23H,3,7,10-11H2,1-2H3,(H,19,20,21)/t13-/m1/s1. The average molecular weight is 391 g/mol. The SMILES string of the molecule is CCC[C@H](CO)Nc1nc(SCc2ccccc2)nc2nc(OC)sc12. The van der Waals surface area contributed by atoms with Crippen LogP contribution in [0.3, 0.4) is 0 Å². The van der Waals surface area contributed by atoms with Crippen LogP contribution >= 0.6 is 23.1 Å². The topological polar surface area (TPSA) is 80.2 Å². The molecule has 1 atom stereocenters. The predicted octanol–water partition coefficient (Wildman–Crippen LogP) is 3.96. The molecule has 0 aliphatic rings. The molecule has 1 aromatic carbocycles. The number of fused-ring (bicyclic) bond motifs is 1. The zero-order valence-corrected chi connectivity index (χ0v) is 16.4. The monoisotopic (exact) mass is 390 g/mol. The van der Waals surface area contributed by atoms with E-state index in [1.54, 1.807) is 18.9 Å². The summed E-state index contributed by atoms with van der Waals surface area (Å²) in [6.07, 6.45) is 1.85. The summed E-state index contributed by atoms with van der Waals surface area (Å²) < 4.78 is 6.11. The first-order valence-electron chi connectivity index (χ1n) is 8.50. The first kappa shape index (κ1) is 18.9. The molecule has 0 fully saturated rings. The van der Waals surface area contributed by atoms with Gasteiger partial charge in [-0.05, 0) is 12.0 Å². The van der Waals surface area contributed by atoms with E-state index in [-0.39, 0.29) is 12.6 Å². The van der Waals surface area contributed by atoms with Gasteiger partial charge < -0.3 is 15.2 Å².